The SMILES string of the molecule is CCOC(=O)C1CCN(c2ccc(CC(N)CO)cn2)CC1.Cl. The Hall–Kier alpha value is -1.37. The average molecular weight is 344 g/mol. The summed E-state index contributed by atoms with van der Waals surface area (Å²) in [5.74, 6) is 0.852. The van der Waals surface area contributed by atoms with Crippen molar-refractivity contribution in [1.82, 2.24) is 4.98 Å². The van der Waals surface area contributed by atoms with Crippen molar-refractivity contribution < 1.29 is 14.6 Å². The molecule has 0 bridgehead atoms. The van der Waals surface area contributed by atoms with Gasteiger partial charge in [0.15, 0.2) is 0 Å². The van der Waals surface area contributed by atoms with Crippen LogP contribution in [0.3, 0.4) is 0 Å². The third-order valence-corrected chi connectivity index (χ3v) is 3.98. The van der Waals surface area contributed by atoms with Crippen LogP contribution >= 0.6 is 12.4 Å². The minimum atomic E-state index is -0.243. The molecule has 2 rings (SSSR count). The van der Waals surface area contributed by atoms with E-state index in [1.165, 1.54) is 0 Å². The Bertz CT molecular complexity index is 476. The van der Waals surface area contributed by atoms with Crippen LogP contribution in [0, 0.1) is 5.92 Å². The van der Waals surface area contributed by atoms with Gasteiger partial charge >= 0.3 is 5.97 Å². The van der Waals surface area contributed by atoms with Gasteiger partial charge in [0.1, 0.15) is 5.82 Å². The minimum Gasteiger partial charge on any atom is -0.466 e. The Labute approximate surface area is 143 Å². The molecule has 0 aliphatic carbocycles. The van der Waals surface area contributed by atoms with Crippen LogP contribution in [0.1, 0.15) is 25.3 Å². The van der Waals surface area contributed by atoms with Crippen LogP contribution in [0.5, 0.6) is 0 Å². The van der Waals surface area contributed by atoms with Crippen molar-refractivity contribution in [1.29, 1.82) is 0 Å². The summed E-state index contributed by atoms with van der Waals surface area (Å²) in [5, 5.41) is 8.97. The lowest BCUT2D eigenvalue weighted by Crippen LogP contribution is -2.37. The first-order chi connectivity index (χ1) is 10.6. The van der Waals surface area contributed by atoms with Crippen molar-refractivity contribution in [3.8, 4) is 0 Å². The molecule has 3 N–H and O–H groups in total. The fourth-order valence-electron chi connectivity index (χ4n) is 2.70. The molecular formula is C16H26ClN3O3. The Balaban J connectivity index is 0.00000264. The molecule has 1 aromatic heterocycles. The first-order valence-electron chi connectivity index (χ1n) is 7.87. The lowest BCUT2D eigenvalue weighted by atomic mass is 9.97. The molecular weight excluding hydrogens is 318 g/mol. The number of hydrogen-bond acceptors (Lipinski definition) is 6. The van der Waals surface area contributed by atoms with Crippen molar-refractivity contribution >= 4 is 24.2 Å². The maximum absolute atomic E-state index is 11.7. The Morgan fingerprint density at radius 2 is 2.17 bits per heavy atom. The zero-order valence-electron chi connectivity index (χ0n) is 13.5. The Kier molecular flexibility index (Phi) is 8.30. The zero-order chi connectivity index (χ0) is 15.9. The van der Waals surface area contributed by atoms with E-state index in [1.807, 2.05) is 25.3 Å². The van der Waals surface area contributed by atoms with Crippen molar-refractivity contribution in [2.75, 3.05) is 31.2 Å². The first kappa shape index (κ1) is 19.7. The summed E-state index contributed by atoms with van der Waals surface area (Å²) in [6, 6.07) is 3.73. The second kappa shape index (κ2) is 9.70. The average Bonchev–Trinajstić information content (AvgIpc) is 2.56. The highest BCUT2D eigenvalue weighted by Crippen LogP contribution is 2.23. The van der Waals surface area contributed by atoms with E-state index in [0.29, 0.717) is 13.0 Å². The molecule has 1 aromatic rings. The maximum Gasteiger partial charge on any atom is 0.309 e. The van der Waals surface area contributed by atoms with Crippen LogP contribution in [0.4, 0.5) is 5.82 Å². The maximum atomic E-state index is 11.7. The van der Waals surface area contributed by atoms with Crippen molar-refractivity contribution in [2.24, 2.45) is 11.7 Å². The number of carbonyl (C=O) groups excluding carboxylic acids is 1. The second-order valence-electron chi connectivity index (χ2n) is 5.68. The summed E-state index contributed by atoms with van der Waals surface area (Å²) in [5.41, 5.74) is 6.74. The van der Waals surface area contributed by atoms with Crippen LogP contribution in [-0.4, -0.2) is 48.4 Å². The number of ether oxygens (including phenoxy) is 1. The molecule has 23 heavy (non-hydrogen) atoms. The van der Waals surface area contributed by atoms with E-state index in [-0.39, 0.29) is 36.9 Å². The van der Waals surface area contributed by atoms with Gasteiger partial charge in [0.25, 0.3) is 0 Å². The number of anilines is 1. The number of aromatic nitrogens is 1. The standard InChI is InChI=1S/C16H25N3O3.ClH/c1-2-22-16(21)13-5-7-19(8-6-13)15-4-3-12(10-18-15)9-14(17)11-20;/h3-4,10,13-14,20H,2,5-9,11,17H2,1H3;1H. The molecule has 1 aliphatic rings. The number of rotatable bonds is 6. The van der Waals surface area contributed by atoms with E-state index in [9.17, 15) is 4.79 Å². The minimum absolute atomic E-state index is 0. The number of hydrogen-bond donors (Lipinski definition) is 2. The summed E-state index contributed by atoms with van der Waals surface area (Å²) in [4.78, 5) is 18.4. The highest BCUT2D eigenvalue weighted by molar-refractivity contribution is 5.85. The smallest absolute Gasteiger partial charge is 0.309 e. The van der Waals surface area contributed by atoms with Crippen molar-refractivity contribution in [3.63, 3.8) is 0 Å². The highest BCUT2D eigenvalue weighted by atomic mass is 35.5. The van der Waals surface area contributed by atoms with E-state index in [2.05, 4.69) is 9.88 Å². The normalized spacial score (nSPS) is 16.6. The number of aliphatic hydroxyl groups excluding tert-OH is 1. The molecule has 0 spiro atoms. The van der Waals surface area contributed by atoms with E-state index in [1.54, 1.807) is 0 Å². The third-order valence-electron chi connectivity index (χ3n) is 3.98. The number of nitrogens with zero attached hydrogens (tertiary/aromatic N) is 2. The molecule has 1 atom stereocenters. The molecule has 1 saturated heterocycles. The molecule has 6 nitrogen and oxygen atoms in total. The van der Waals surface area contributed by atoms with E-state index < -0.39 is 0 Å². The monoisotopic (exact) mass is 343 g/mol. The molecule has 1 fully saturated rings. The third kappa shape index (κ3) is 5.64. The van der Waals surface area contributed by atoms with E-state index >= 15 is 0 Å². The fourth-order valence-corrected chi connectivity index (χ4v) is 2.70. The van der Waals surface area contributed by atoms with Gasteiger partial charge in [0.2, 0.25) is 0 Å². The van der Waals surface area contributed by atoms with Crippen molar-refractivity contribution in [3.05, 3.63) is 23.9 Å². The highest BCUT2D eigenvalue weighted by Gasteiger charge is 2.26. The largest absolute Gasteiger partial charge is 0.466 e. The van der Waals surface area contributed by atoms with Crippen molar-refractivity contribution in [2.45, 2.75) is 32.2 Å². The van der Waals surface area contributed by atoms with E-state index in [4.69, 9.17) is 15.6 Å². The van der Waals surface area contributed by atoms with Crippen LogP contribution in [0.25, 0.3) is 0 Å². The molecule has 130 valence electrons. The molecule has 2 heterocycles. The van der Waals surface area contributed by atoms with Crippen LogP contribution < -0.4 is 10.6 Å². The fraction of sp³-hybridized carbons (Fsp3) is 0.625. The van der Waals surface area contributed by atoms with Gasteiger partial charge in [0, 0.05) is 25.3 Å². The number of pyridine rings is 1. The first-order valence-corrected chi connectivity index (χ1v) is 7.87. The summed E-state index contributed by atoms with van der Waals surface area (Å²) >= 11 is 0. The molecule has 0 saturated carbocycles. The number of aliphatic hydroxyl groups is 1. The number of piperidine rings is 1. The second-order valence-corrected chi connectivity index (χ2v) is 5.68. The van der Waals surface area contributed by atoms with Crippen LogP contribution in [0.2, 0.25) is 0 Å². The number of carbonyl (C=O) groups is 1. The lowest BCUT2D eigenvalue weighted by Gasteiger charge is -2.31. The van der Waals surface area contributed by atoms with Gasteiger partial charge in [0.05, 0.1) is 19.1 Å². The van der Waals surface area contributed by atoms with E-state index in [0.717, 1.165) is 37.3 Å². The molecule has 0 amide bonds. The molecule has 7 heteroatoms. The van der Waals surface area contributed by atoms with Gasteiger partial charge in [-0.15, -0.1) is 12.4 Å². The van der Waals surface area contributed by atoms with Crippen LogP contribution in [0.15, 0.2) is 18.3 Å². The van der Waals surface area contributed by atoms with Crippen LogP contribution in [-0.2, 0) is 16.0 Å². The number of halogens is 1. The van der Waals surface area contributed by atoms with Gasteiger partial charge in [-0.05, 0) is 37.8 Å². The van der Waals surface area contributed by atoms with Gasteiger partial charge in [-0.1, -0.05) is 6.07 Å². The zero-order valence-corrected chi connectivity index (χ0v) is 14.3. The predicted octanol–water partition coefficient (Wildman–Crippen LogP) is 1.14. The molecule has 1 aliphatic heterocycles. The summed E-state index contributed by atoms with van der Waals surface area (Å²) < 4.78 is 5.08. The quantitative estimate of drug-likeness (QED) is 0.753. The molecule has 0 aromatic carbocycles. The molecule has 1 unspecified atom stereocenters. The van der Waals surface area contributed by atoms with Gasteiger partial charge in [-0.3, -0.25) is 4.79 Å². The van der Waals surface area contributed by atoms with Gasteiger partial charge < -0.3 is 20.5 Å². The number of nitrogens with two attached hydrogens (primary N) is 1. The summed E-state index contributed by atoms with van der Waals surface area (Å²) in [7, 11) is 0. The summed E-state index contributed by atoms with van der Waals surface area (Å²) in [6.45, 7) is 3.88. The topological polar surface area (TPSA) is 88.7 Å². The number of esters is 1. The van der Waals surface area contributed by atoms with Gasteiger partial charge in [-0.2, -0.15) is 0 Å². The Morgan fingerprint density at radius 1 is 1.48 bits per heavy atom. The Morgan fingerprint density at radius 3 is 2.70 bits per heavy atom. The lowest BCUT2D eigenvalue weighted by molar-refractivity contribution is -0.148. The van der Waals surface area contributed by atoms with Gasteiger partial charge in [-0.25, -0.2) is 4.98 Å². The predicted molar refractivity (Wildman–Crippen MR) is 91.8 cm³/mol. The molecule has 0 radical (unpaired) electrons. The summed E-state index contributed by atoms with van der Waals surface area (Å²) in [6.07, 6.45) is 4.03.